The van der Waals surface area contributed by atoms with E-state index in [-0.39, 0.29) is 18.4 Å². The normalized spacial score (nSPS) is 15.1. The van der Waals surface area contributed by atoms with Crippen molar-refractivity contribution in [3.05, 3.63) is 35.6 Å². The highest BCUT2D eigenvalue weighted by Crippen LogP contribution is 2.29. The highest BCUT2D eigenvalue weighted by Gasteiger charge is 2.16. The third-order valence-corrected chi connectivity index (χ3v) is 4.30. The number of nitrogen functional groups attached to an aromatic ring is 1. The number of hydrogen-bond donors (Lipinski definition) is 2. The summed E-state index contributed by atoms with van der Waals surface area (Å²) in [5, 5.41) is 10.2. The summed E-state index contributed by atoms with van der Waals surface area (Å²) >= 11 is 0. The fourth-order valence-electron chi connectivity index (χ4n) is 3.06. The van der Waals surface area contributed by atoms with Gasteiger partial charge in [-0.3, -0.25) is 4.57 Å². The fraction of sp³-hybridized carbons (Fsp3) is 0.333. The Labute approximate surface area is 149 Å². The lowest BCUT2D eigenvalue weighted by atomic mass is 10.2. The van der Waals surface area contributed by atoms with Gasteiger partial charge in [0.2, 0.25) is 5.88 Å². The van der Waals surface area contributed by atoms with Gasteiger partial charge in [-0.15, -0.1) is 0 Å². The van der Waals surface area contributed by atoms with Crippen molar-refractivity contribution >= 4 is 16.9 Å². The van der Waals surface area contributed by atoms with Gasteiger partial charge in [0, 0.05) is 12.1 Å². The molecule has 1 aromatic carbocycles. The predicted molar refractivity (Wildman–Crippen MR) is 93.9 cm³/mol. The highest BCUT2D eigenvalue weighted by atomic mass is 19.1. The number of aromatic nitrogens is 3. The van der Waals surface area contributed by atoms with Crippen molar-refractivity contribution in [1.29, 1.82) is 0 Å². The molecule has 1 aliphatic rings. The van der Waals surface area contributed by atoms with Crippen LogP contribution in [-0.4, -0.2) is 32.9 Å². The van der Waals surface area contributed by atoms with E-state index in [9.17, 15) is 9.50 Å². The topological polar surface area (TPSA) is 95.4 Å². The van der Waals surface area contributed by atoms with Crippen LogP contribution in [0.25, 0.3) is 11.0 Å². The predicted octanol–water partition coefficient (Wildman–Crippen LogP) is 2.85. The molecule has 0 spiro atoms. The van der Waals surface area contributed by atoms with Crippen LogP contribution in [0.3, 0.4) is 0 Å². The number of aromatic hydroxyl groups is 1. The zero-order valence-electron chi connectivity index (χ0n) is 14.1. The second kappa shape index (κ2) is 6.70. The van der Waals surface area contributed by atoms with E-state index in [2.05, 4.69) is 9.97 Å². The van der Waals surface area contributed by atoms with Gasteiger partial charge in [-0.25, -0.2) is 4.39 Å². The third kappa shape index (κ3) is 3.22. The molecule has 26 heavy (non-hydrogen) atoms. The van der Waals surface area contributed by atoms with Crippen molar-refractivity contribution in [2.45, 2.75) is 25.8 Å². The summed E-state index contributed by atoms with van der Waals surface area (Å²) in [6.45, 7) is 1.21. The van der Waals surface area contributed by atoms with Crippen molar-refractivity contribution in [1.82, 2.24) is 14.5 Å². The van der Waals surface area contributed by atoms with Crippen LogP contribution in [0.5, 0.6) is 17.6 Å². The van der Waals surface area contributed by atoms with Gasteiger partial charge in [-0.05, 0) is 37.0 Å². The number of nitrogens with two attached hydrogens (primary N) is 1. The van der Waals surface area contributed by atoms with Crippen molar-refractivity contribution in [2.75, 3.05) is 18.9 Å². The first-order valence-corrected chi connectivity index (χ1v) is 8.51. The Balaban J connectivity index is 1.82. The standard InChI is InChI=1S/C18H19FN4O3/c19-12-6-11-7-13(8-12)25-4-2-1-3-5-26-15-9-14-16(17(20)21-15)22-18(24)23(14)10-11/h6-9H,1-5,10H2,(H2,20,21)(H,22,24). The van der Waals surface area contributed by atoms with Gasteiger partial charge in [0.25, 0.3) is 6.01 Å². The first-order chi connectivity index (χ1) is 12.6. The van der Waals surface area contributed by atoms with Gasteiger partial charge in [-0.2, -0.15) is 9.97 Å². The Kier molecular flexibility index (Phi) is 4.24. The largest absolute Gasteiger partial charge is 0.493 e. The molecular weight excluding hydrogens is 339 g/mol. The van der Waals surface area contributed by atoms with Crippen LogP contribution in [0, 0.1) is 5.82 Å². The molecule has 2 aromatic heterocycles. The number of benzene rings is 1. The lowest BCUT2D eigenvalue weighted by molar-refractivity contribution is 0.274. The Morgan fingerprint density at radius 2 is 1.85 bits per heavy atom. The molecule has 0 aliphatic carbocycles. The van der Waals surface area contributed by atoms with Gasteiger partial charge in [0.1, 0.15) is 17.1 Å². The first-order valence-electron chi connectivity index (χ1n) is 8.51. The first kappa shape index (κ1) is 16.4. The molecular formula is C18H19FN4O3. The van der Waals surface area contributed by atoms with Crippen molar-refractivity contribution in [3.8, 4) is 17.6 Å². The molecule has 0 amide bonds. The van der Waals surface area contributed by atoms with Crippen LogP contribution < -0.4 is 15.2 Å². The number of pyridine rings is 1. The molecule has 0 atom stereocenters. The number of fused-ring (bicyclic) bond motifs is 3. The Morgan fingerprint density at radius 3 is 2.69 bits per heavy atom. The molecule has 4 bridgehead atoms. The van der Waals surface area contributed by atoms with E-state index in [1.54, 1.807) is 16.7 Å². The number of ether oxygens (including phenoxy) is 2. The second-order valence-electron chi connectivity index (χ2n) is 6.26. The number of nitrogens with zero attached hydrogens (tertiary/aromatic N) is 3. The van der Waals surface area contributed by atoms with Crippen molar-refractivity contribution in [2.24, 2.45) is 0 Å². The number of anilines is 1. The van der Waals surface area contributed by atoms with Crippen molar-refractivity contribution in [3.63, 3.8) is 0 Å². The highest BCUT2D eigenvalue weighted by molar-refractivity contribution is 5.87. The van der Waals surface area contributed by atoms with Crippen LogP contribution in [0.2, 0.25) is 0 Å². The lowest BCUT2D eigenvalue weighted by Gasteiger charge is -2.10. The zero-order valence-corrected chi connectivity index (χ0v) is 14.1. The van der Waals surface area contributed by atoms with E-state index in [0.717, 1.165) is 19.3 Å². The van der Waals surface area contributed by atoms with Gasteiger partial charge >= 0.3 is 0 Å². The molecule has 0 unspecified atom stereocenters. The van der Waals surface area contributed by atoms with Gasteiger partial charge in [0.05, 0.1) is 25.3 Å². The molecule has 7 nitrogen and oxygen atoms in total. The zero-order chi connectivity index (χ0) is 18.1. The maximum Gasteiger partial charge on any atom is 0.295 e. The summed E-state index contributed by atoms with van der Waals surface area (Å²) in [4.78, 5) is 8.26. The van der Waals surface area contributed by atoms with E-state index in [4.69, 9.17) is 15.2 Å². The SMILES string of the molecule is Nc1nc2cc3c1nc(O)n3Cc1cc(F)cc(c1)OCCCCCO2. The smallest absolute Gasteiger partial charge is 0.295 e. The lowest BCUT2D eigenvalue weighted by Crippen LogP contribution is -2.03. The minimum atomic E-state index is -0.393. The minimum absolute atomic E-state index is 0.180. The van der Waals surface area contributed by atoms with Crippen LogP contribution >= 0.6 is 0 Å². The Bertz CT molecular complexity index is 957. The fourth-order valence-corrected chi connectivity index (χ4v) is 3.06. The van der Waals surface area contributed by atoms with Crippen LogP contribution in [-0.2, 0) is 6.54 Å². The summed E-state index contributed by atoms with van der Waals surface area (Å²) in [6.07, 6.45) is 2.59. The monoisotopic (exact) mass is 358 g/mol. The second-order valence-corrected chi connectivity index (χ2v) is 6.26. The number of hydrogen-bond acceptors (Lipinski definition) is 6. The average molecular weight is 358 g/mol. The van der Waals surface area contributed by atoms with Crippen LogP contribution in [0.15, 0.2) is 24.3 Å². The molecule has 1 aliphatic heterocycles. The average Bonchev–Trinajstić information content (AvgIpc) is 2.90. The molecule has 3 heterocycles. The minimum Gasteiger partial charge on any atom is -0.493 e. The van der Waals surface area contributed by atoms with Crippen LogP contribution in [0.4, 0.5) is 10.2 Å². The van der Waals surface area contributed by atoms with E-state index in [0.29, 0.717) is 41.4 Å². The van der Waals surface area contributed by atoms with Gasteiger partial charge in [-0.1, -0.05) is 0 Å². The van der Waals surface area contributed by atoms with E-state index in [1.807, 2.05) is 0 Å². The molecule has 0 radical (unpaired) electrons. The summed E-state index contributed by atoms with van der Waals surface area (Å²) in [5.41, 5.74) is 7.56. The molecule has 4 rings (SSSR count). The van der Waals surface area contributed by atoms with Gasteiger partial charge in [0.15, 0.2) is 5.82 Å². The van der Waals surface area contributed by atoms with E-state index >= 15 is 0 Å². The number of imidazole rings is 1. The molecule has 8 heteroatoms. The quantitative estimate of drug-likeness (QED) is 0.642. The summed E-state index contributed by atoms with van der Waals surface area (Å²) in [5.74, 6) is 0.633. The summed E-state index contributed by atoms with van der Waals surface area (Å²) < 4.78 is 26.8. The molecule has 0 saturated heterocycles. The van der Waals surface area contributed by atoms with Gasteiger partial charge < -0.3 is 20.3 Å². The summed E-state index contributed by atoms with van der Waals surface area (Å²) in [7, 11) is 0. The molecule has 3 aromatic rings. The number of halogens is 1. The van der Waals surface area contributed by atoms with Crippen LogP contribution in [0.1, 0.15) is 24.8 Å². The maximum absolute atomic E-state index is 14.0. The van der Waals surface area contributed by atoms with E-state index < -0.39 is 5.82 Å². The Hall–Kier alpha value is -3.03. The van der Waals surface area contributed by atoms with Crippen molar-refractivity contribution < 1.29 is 19.0 Å². The van der Waals surface area contributed by atoms with E-state index in [1.165, 1.54) is 12.1 Å². The molecule has 136 valence electrons. The summed E-state index contributed by atoms with van der Waals surface area (Å²) in [6, 6.07) is 5.99. The Morgan fingerprint density at radius 1 is 1.04 bits per heavy atom. The molecule has 3 N–H and O–H groups in total. The molecule has 0 saturated carbocycles. The maximum atomic E-state index is 14.0. The third-order valence-electron chi connectivity index (χ3n) is 4.30. The molecule has 0 fully saturated rings. The number of rotatable bonds is 0.